The molecule has 0 saturated heterocycles. The summed E-state index contributed by atoms with van der Waals surface area (Å²) in [5.41, 5.74) is 0.912. The molecule has 0 aliphatic heterocycles. The molecular weight excluding hydrogens is 318 g/mol. The normalized spacial score (nSPS) is 11.3. The van der Waals surface area contributed by atoms with Crippen LogP contribution in [0.25, 0.3) is 0 Å². The Morgan fingerprint density at radius 3 is 2.39 bits per heavy atom. The molecule has 1 amide bonds. The third kappa shape index (κ3) is 7.62. The van der Waals surface area contributed by atoms with Crippen LogP contribution in [0.1, 0.15) is 24.8 Å². The maximum atomic E-state index is 12.5. The van der Waals surface area contributed by atoms with E-state index in [1.54, 1.807) is 0 Å². The summed E-state index contributed by atoms with van der Waals surface area (Å²) in [6, 6.07) is 9.16. The molecule has 8 heteroatoms. The first-order chi connectivity index (χ1) is 10.8. The lowest BCUT2D eigenvalue weighted by Crippen LogP contribution is -2.33. The molecule has 1 N–H and O–H groups in total. The Morgan fingerprint density at radius 2 is 1.78 bits per heavy atom. The fourth-order valence-corrected chi connectivity index (χ4v) is 1.59. The zero-order chi connectivity index (χ0) is 17.3. The summed E-state index contributed by atoms with van der Waals surface area (Å²) in [4.78, 5) is 22.7. The van der Waals surface area contributed by atoms with Crippen molar-refractivity contribution in [3.63, 3.8) is 0 Å². The Morgan fingerprint density at radius 1 is 1.13 bits per heavy atom. The second-order valence-electron chi connectivity index (χ2n) is 4.84. The van der Waals surface area contributed by atoms with Crippen molar-refractivity contribution in [2.45, 2.75) is 38.2 Å². The molecule has 0 heterocycles. The lowest BCUT2D eigenvalue weighted by molar-refractivity contribution is -0.179. The van der Waals surface area contributed by atoms with E-state index >= 15 is 0 Å². The first kappa shape index (κ1) is 18.9. The van der Waals surface area contributed by atoms with E-state index in [1.165, 1.54) is 0 Å². The zero-order valence-corrected chi connectivity index (χ0v) is 12.2. The maximum absolute atomic E-state index is 12.5. The average molecular weight is 335 g/mol. The fraction of sp³-hybridized carbons (Fsp3) is 0.467. The molecule has 128 valence electrons. The van der Waals surface area contributed by atoms with Gasteiger partial charge in [0.05, 0.1) is 0 Å². The summed E-state index contributed by atoms with van der Waals surface area (Å²) in [6.07, 6.45) is -4.09. The highest BCUT2D eigenvalue weighted by molar-refractivity contribution is 5.77. The molecule has 0 saturated carbocycles. The number of alkyl halides is 4. The van der Waals surface area contributed by atoms with Crippen LogP contribution >= 0.6 is 0 Å². The number of benzene rings is 1. The molecule has 0 radical (unpaired) electrons. The summed E-state index contributed by atoms with van der Waals surface area (Å²) < 4.78 is 52.8. The number of hydrogen-bond donors (Lipinski definition) is 1. The zero-order valence-electron chi connectivity index (χ0n) is 12.2. The topological polar surface area (TPSA) is 55.4 Å². The van der Waals surface area contributed by atoms with Gasteiger partial charge in [-0.3, -0.25) is 9.59 Å². The van der Waals surface area contributed by atoms with E-state index in [9.17, 15) is 27.2 Å². The second-order valence-corrected chi connectivity index (χ2v) is 4.84. The summed E-state index contributed by atoms with van der Waals surface area (Å²) in [7, 11) is 0. The second kappa shape index (κ2) is 9.12. The van der Waals surface area contributed by atoms with Crippen LogP contribution in [-0.4, -0.2) is 30.8 Å². The molecule has 0 unspecified atom stereocenters. The van der Waals surface area contributed by atoms with Gasteiger partial charge in [-0.1, -0.05) is 30.3 Å². The predicted molar refractivity (Wildman–Crippen MR) is 74.0 cm³/mol. The number of hydrogen-bond acceptors (Lipinski definition) is 3. The van der Waals surface area contributed by atoms with Crippen LogP contribution in [0.5, 0.6) is 0 Å². The van der Waals surface area contributed by atoms with Gasteiger partial charge in [-0.25, -0.2) is 8.78 Å². The molecule has 0 atom stereocenters. The minimum Gasteiger partial charge on any atom is -0.459 e. The predicted octanol–water partition coefficient (Wildman–Crippen LogP) is 2.92. The molecule has 23 heavy (non-hydrogen) atoms. The van der Waals surface area contributed by atoms with Gasteiger partial charge in [0.2, 0.25) is 5.91 Å². The molecule has 1 aromatic carbocycles. The van der Waals surface area contributed by atoms with E-state index in [0.717, 1.165) is 5.56 Å². The summed E-state index contributed by atoms with van der Waals surface area (Å²) in [5, 5.41) is 2.63. The van der Waals surface area contributed by atoms with E-state index < -0.39 is 24.9 Å². The standard InChI is InChI=1S/C15H17F4NO3/c16-14(17)15(18,19)10-23-13(22)8-4-7-12(21)20-9-11-5-2-1-3-6-11/h1-3,5-6,14H,4,7-10H2,(H,20,21). The first-order valence-electron chi connectivity index (χ1n) is 6.93. The average Bonchev–Trinajstić information content (AvgIpc) is 2.52. The van der Waals surface area contributed by atoms with E-state index in [0.29, 0.717) is 6.54 Å². The summed E-state index contributed by atoms with van der Waals surface area (Å²) in [5.74, 6) is -5.70. The fourth-order valence-electron chi connectivity index (χ4n) is 1.59. The number of halogens is 4. The number of rotatable bonds is 9. The number of carbonyl (C=O) groups is 2. The van der Waals surface area contributed by atoms with Crippen LogP contribution in [0.15, 0.2) is 30.3 Å². The third-order valence-corrected chi connectivity index (χ3v) is 2.86. The lowest BCUT2D eigenvalue weighted by atomic mass is 10.2. The smallest absolute Gasteiger partial charge is 0.340 e. The van der Waals surface area contributed by atoms with Gasteiger partial charge in [-0.05, 0) is 12.0 Å². The minimum absolute atomic E-state index is 0.00712. The van der Waals surface area contributed by atoms with Crippen LogP contribution in [0.2, 0.25) is 0 Å². The van der Waals surface area contributed by atoms with Gasteiger partial charge in [0.1, 0.15) is 0 Å². The van der Waals surface area contributed by atoms with Gasteiger partial charge in [-0.2, -0.15) is 8.78 Å². The van der Waals surface area contributed by atoms with Gasteiger partial charge < -0.3 is 10.1 Å². The van der Waals surface area contributed by atoms with Crippen molar-refractivity contribution in [3.8, 4) is 0 Å². The van der Waals surface area contributed by atoms with Crippen molar-refractivity contribution >= 4 is 11.9 Å². The number of esters is 1. The van der Waals surface area contributed by atoms with Crippen molar-refractivity contribution < 1.29 is 31.9 Å². The molecule has 0 aliphatic carbocycles. The van der Waals surface area contributed by atoms with Crippen LogP contribution in [0.3, 0.4) is 0 Å². The van der Waals surface area contributed by atoms with Crippen molar-refractivity contribution in [1.29, 1.82) is 0 Å². The molecule has 4 nitrogen and oxygen atoms in total. The van der Waals surface area contributed by atoms with E-state index in [-0.39, 0.29) is 25.2 Å². The van der Waals surface area contributed by atoms with Crippen LogP contribution in [0.4, 0.5) is 17.6 Å². The Labute approximate surface area is 130 Å². The lowest BCUT2D eigenvalue weighted by Gasteiger charge is -2.14. The van der Waals surface area contributed by atoms with Crippen molar-refractivity contribution in [3.05, 3.63) is 35.9 Å². The molecule has 0 aromatic heterocycles. The number of nitrogens with one attached hydrogen (secondary N) is 1. The van der Waals surface area contributed by atoms with Crippen LogP contribution < -0.4 is 5.32 Å². The van der Waals surface area contributed by atoms with E-state index in [4.69, 9.17) is 0 Å². The first-order valence-corrected chi connectivity index (χ1v) is 6.93. The van der Waals surface area contributed by atoms with Crippen molar-refractivity contribution in [2.24, 2.45) is 0 Å². The molecule has 0 fully saturated rings. The maximum Gasteiger partial charge on any atom is 0.340 e. The Balaban J connectivity index is 2.16. The number of amides is 1. The molecule has 1 rings (SSSR count). The Kier molecular flexibility index (Phi) is 7.50. The highest BCUT2D eigenvalue weighted by atomic mass is 19.3. The largest absolute Gasteiger partial charge is 0.459 e. The van der Waals surface area contributed by atoms with E-state index in [2.05, 4.69) is 10.1 Å². The molecular formula is C15H17F4NO3. The molecule has 1 aromatic rings. The molecule has 0 bridgehead atoms. The molecule has 0 spiro atoms. The van der Waals surface area contributed by atoms with Crippen LogP contribution in [-0.2, 0) is 20.9 Å². The third-order valence-electron chi connectivity index (χ3n) is 2.86. The van der Waals surface area contributed by atoms with Crippen LogP contribution in [0, 0.1) is 0 Å². The minimum atomic E-state index is -4.36. The number of carbonyl (C=O) groups excluding carboxylic acids is 2. The van der Waals surface area contributed by atoms with Gasteiger partial charge in [0, 0.05) is 19.4 Å². The Hall–Kier alpha value is -2.12. The number of ether oxygens (including phenoxy) is 1. The Bertz CT molecular complexity index is 509. The van der Waals surface area contributed by atoms with Gasteiger partial charge in [0.15, 0.2) is 6.61 Å². The van der Waals surface area contributed by atoms with Gasteiger partial charge in [-0.15, -0.1) is 0 Å². The highest BCUT2D eigenvalue weighted by Crippen LogP contribution is 2.23. The summed E-state index contributed by atoms with van der Waals surface area (Å²) >= 11 is 0. The van der Waals surface area contributed by atoms with Crippen molar-refractivity contribution in [1.82, 2.24) is 5.32 Å². The van der Waals surface area contributed by atoms with Gasteiger partial charge in [0.25, 0.3) is 0 Å². The SMILES string of the molecule is O=C(CCCC(=O)OCC(F)(F)C(F)F)NCc1ccccc1. The molecule has 0 aliphatic rings. The van der Waals surface area contributed by atoms with E-state index in [1.807, 2.05) is 30.3 Å². The van der Waals surface area contributed by atoms with Gasteiger partial charge >= 0.3 is 18.3 Å². The van der Waals surface area contributed by atoms with Crippen molar-refractivity contribution in [2.75, 3.05) is 6.61 Å². The highest BCUT2D eigenvalue weighted by Gasteiger charge is 2.42. The quantitative estimate of drug-likeness (QED) is 0.558. The summed E-state index contributed by atoms with van der Waals surface area (Å²) in [6.45, 7) is -1.32. The monoisotopic (exact) mass is 335 g/mol.